The molecular formula is C7H5F5N2O. The summed E-state index contributed by atoms with van der Waals surface area (Å²) in [6, 6.07) is 0.300. The summed E-state index contributed by atoms with van der Waals surface area (Å²) in [4.78, 5) is 2.98. The number of alkyl halides is 3. The predicted octanol–water partition coefficient (Wildman–Crippen LogP) is 1.88. The monoisotopic (exact) mass is 228 g/mol. The molecule has 15 heavy (non-hydrogen) atoms. The molecule has 0 unspecified atom stereocenters. The van der Waals surface area contributed by atoms with Gasteiger partial charge in [0.25, 0.3) is 5.88 Å². The summed E-state index contributed by atoms with van der Waals surface area (Å²) in [5.74, 6) is -4.21. The molecule has 8 heteroatoms. The van der Waals surface area contributed by atoms with Crippen LogP contribution in [0.5, 0.6) is 5.88 Å². The van der Waals surface area contributed by atoms with Gasteiger partial charge in [-0.3, -0.25) is 0 Å². The van der Waals surface area contributed by atoms with Crippen molar-refractivity contribution in [3.8, 4) is 5.88 Å². The van der Waals surface area contributed by atoms with Crippen molar-refractivity contribution in [3.05, 3.63) is 17.7 Å². The molecule has 84 valence electrons. The Morgan fingerprint density at radius 2 is 1.87 bits per heavy atom. The van der Waals surface area contributed by atoms with Gasteiger partial charge in [-0.25, -0.2) is 8.78 Å². The van der Waals surface area contributed by atoms with Crippen molar-refractivity contribution in [3.63, 3.8) is 0 Å². The molecule has 0 radical (unpaired) electrons. The number of halogens is 5. The Balaban J connectivity index is 2.82. The molecule has 0 aliphatic rings. The number of nitrogen functional groups attached to an aromatic ring is 1. The fourth-order valence-corrected chi connectivity index (χ4v) is 0.715. The van der Waals surface area contributed by atoms with Crippen LogP contribution in [0.15, 0.2) is 6.07 Å². The SMILES string of the molecule is Nc1nc(OCC(F)(F)F)c(F)cc1F. The van der Waals surface area contributed by atoms with Gasteiger partial charge in [-0.05, 0) is 0 Å². The highest BCUT2D eigenvalue weighted by Crippen LogP contribution is 2.21. The maximum Gasteiger partial charge on any atom is 0.422 e. The number of nitrogens with zero attached hydrogens (tertiary/aromatic N) is 1. The van der Waals surface area contributed by atoms with E-state index in [1.54, 1.807) is 0 Å². The minimum atomic E-state index is -4.63. The van der Waals surface area contributed by atoms with E-state index in [1.165, 1.54) is 0 Å². The van der Waals surface area contributed by atoms with E-state index in [9.17, 15) is 22.0 Å². The van der Waals surface area contributed by atoms with Gasteiger partial charge in [-0.2, -0.15) is 18.2 Å². The molecule has 1 heterocycles. The fraction of sp³-hybridized carbons (Fsp3) is 0.286. The van der Waals surface area contributed by atoms with E-state index < -0.39 is 36.1 Å². The minimum absolute atomic E-state index is 0.300. The number of hydrogen-bond acceptors (Lipinski definition) is 3. The van der Waals surface area contributed by atoms with Gasteiger partial charge in [0.05, 0.1) is 0 Å². The molecule has 0 aromatic carbocycles. The van der Waals surface area contributed by atoms with Crippen LogP contribution >= 0.6 is 0 Å². The Bertz CT molecular complexity index is 365. The first-order valence-corrected chi connectivity index (χ1v) is 3.60. The van der Waals surface area contributed by atoms with Crippen LogP contribution in [0.1, 0.15) is 0 Å². The van der Waals surface area contributed by atoms with Crippen molar-refractivity contribution in [1.82, 2.24) is 4.98 Å². The number of rotatable bonds is 2. The van der Waals surface area contributed by atoms with Crippen LogP contribution < -0.4 is 10.5 Å². The Hall–Kier alpha value is -1.60. The topological polar surface area (TPSA) is 48.1 Å². The Morgan fingerprint density at radius 1 is 1.27 bits per heavy atom. The lowest BCUT2D eigenvalue weighted by Gasteiger charge is -2.09. The van der Waals surface area contributed by atoms with Gasteiger partial charge in [0, 0.05) is 6.07 Å². The molecule has 0 aliphatic carbocycles. The van der Waals surface area contributed by atoms with Crippen molar-refractivity contribution in [1.29, 1.82) is 0 Å². The lowest BCUT2D eigenvalue weighted by atomic mass is 10.4. The lowest BCUT2D eigenvalue weighted by molar-refractivity contribution is -0.154. The number of pyridine rings is 1. The number of aromatic nitrogens is 1. The van der Waals surface area contributed by atoms with Gasteiger partial charge < -0.3 is 10.5 Å². The molecule has 0 aliphatic heterocycles. The largest absolute Gasteiger partial charge is 0.466 e. The number of anilines is 1. The molecule has 0 bridgehead atoms. The van der Waals surface area contributed by atoms with Crippen LogP contribution in [0, 0.1) is 11.6 Å². The number of nitrogens with two attached hydrogens (primary N) is 1. The Kier molecular flexibility index (Phi) is 2.96. The van der Waals surface area contributed by atoms with Gasteiger partial charge in [0.2, 0.25) is 0 Å². The molecular weight excluding hydrogens is 223 g/mol. The van der Waals surface area contributed by atoms with Crippen molar-refractivity contribution < 1.29 is 26.7 Å². The minimum Gasteiger partial charge on any atom is -0.466 e. The second kappa shape index (κ2) is 3.87. The molecule has 0 atom stereocenters. The Morgan fingerprint density at radius 3 is 2.40 bits per heavy atom. The highest BCUT2D eigenvalue weighted by Gasteiger charge is 2.29. The summed E-state index contributed by atoms with van der Waals surface area (Å²) in [5, 5.41) is 0. The summed E-state index contributed by atoms with van der Waals surface area (Å²) in [7, 11) is 0. The summed E-state index contributed by atoms with van der Waals surface area (Å²) < 4.78 is 64.3. The predicted molar refractivity (Wildman–Crippen MR) is 40.1 cm³/mol. The van der Waals surface area contributed by atoms with E-state index in [1.807, 2.05) is 0 Å². The summed E-state index contributed by atoms with van der Waals surface area (Å²) in [6.07, 6.45) is -4.63. The zero-order valence-electron chi connectivity index (χ0n) is 7.11. The Labute approximate surface area is 80.7 Å². The van der Waals surface area contributed by atoms with Crippen molar-refractivity contribution in [2.45, 2.75) is 6.18 Å². The lowest BCUT2D eigenvalue weighted by Crippen LogP contribution is -2.20. The van der Waals surface area contributed by atoms with Crippen LogP contribution in [-0.4, -0.2) is 17.8 Å². The second-order valence-electron chi connectivity index (χ2n) is 2.55. The van der Waals surface area contributed by atoms with Gasteiger partial charge in [0.1, 0.15) is 0 Å². The van der Waals surface area contributed by atoms with Crippen LogP contribution in [0.3, 0.4) is 0 Å². The molecule has 0 saturated carbocycles. The van der Waals surface area contributed by atoms with E-state index in [-0.39, 0.29) is 0 Å². The molecule has 3 nitrogen and oxygen atoms in total. The zero-order valence-corrected chi connectivity index (χ0v) is 7.11. The van der Waals surface area contributed by atoms with Gasteiger partial charge in [-0.15, -0.1) is 0 Å². The molecule has 0 saturated heterocycles. The first-order chi connectivity index (χ1) is 6.79. The smallest absolute Gasteiger partial charge is 0.422 e. The van der Waals surface area contributed by atoms with Crippen molar-refractivity contribution in [2.75, 3.05) is 12.3 Å². The summed E-state index contributed by atoms with van der Waals surface area (Å²) in [6.45, 7) is -1.72. The maximum atomic E-state index is 12.8. The zero-order chi connectivity index (χ0) is 11.6. The van der Waals surface area contributed by atoms with Gasteiger partial charge in [0.15, 0.2) is 24.1 Å². The number of hydrogen-bond donors (Lipinski definition) is 1. The average molecular weight is 228 g/mol. The molecule has 0 amide bonds. The van der Waals surface area contributed by atoms with Gasteiger partial charge >= 0.3 is 6.18 Å². The number of ether oxygens (including phenoxy) is 1. The quantitative estimate of drug-likeness (QED) is 0.786. The third-order valence-corrected chi connectivity index (χ3v) is 1.30. The third-order valence-electron chi connectivity index (χ3n) is 1.30. The fourth-order valence-electron chi connectivity index (χ4n) is 0.715. The summed E-state index contributed by atoms with van der Waals surface area (Å²) >= 11 is 0. The van der Waals surface area contributed by atoms with E-state index in [0.717, 1.165) is 0 Å². The molecule has 0 fully saturated rings. The van der Waals surface area contributed by atoms with Gasteiger partial charge in [-0.1, -0.05) is 0 Å². The van der Waals surface area contributed by atoms with Crippen molar-refractivity contribution in [2.24, 2.45) is 0 Å². The average Bonchev–Trinajstić information content (AvgIpc) is 2.07. The van der Waals surface area contributed by atoms with Crippen LogP contribution in [-0.2, 0) is 0 Å². The van der Waals surface area contributed by atoms with E-state index in [2.05, 4.69) is 9.72 Å². The third kappa shape index (κ3) is 3.22. The highest BCUT2D eigenvalue weighted by molar-refractivity contribution is 5.34. The standard InChI is InChI=1S/C7H5F5N2O/c8-3-1-4(9)6(14-5(3)13)15-2-7(10,11)12/h1H,2H2,(H2,13,14). The first kappa shape index (κ1) is 11.5. The van der Waals surface area contributed by atoms with Crippen molar-refractivity contribution >= 4 is 5.82 Å². The second-order valence-corrected chi connectivity index (χ2v) is 2.55. The van der Waals surface area contributed by atoms with E-state index in [4.69, 9.17) is 5.73 Å². The summed E-state index contributed by atoms with van der Waals surface area (Å²) in [5.41, 5.74) is 4.91. The highest BCUT2D eigenvalue weighted by atomic mass is 19.4. The van der Waals surface area contributed by atoms with Crippen LogP contribution in [0.25, 0.3) is 0 Å². The maximum absolute atomic E-state index is 12.8. The first-order valence-electron chi connectivity index (χ1n) is 3.60. The molecule has 0 spiro atoms. The van der Waals surface area contributed by atoms with E-state index in [0.29, 0.717) is 6.07 Å². The molecule has 1 rings (SSSR count). The normalized spacial score (nSPS) is 11.5. The molecule has 2 N–H and O–H groups in total. The van der Waals surface area contributed by atoms with E-state index >= 15 is 0 Å². The molecule has 1 aromatic rings. The molecule has 1 aromatic heterocycles. The van der Waals surface area contributed by atoms with Crippen LogP contribution in [0.2, 0.25) is 0 Å². The van der Waals surface area contributed by atoms with Crippen LogP contribution in [0.4, 0.5) is 27.8 Å².